The van der Waals surface area contributed by atoms with Crippen LogP contribution in [0.2, 0.25) is 18.1 Å². The molecule has 8 heteroatoms. The van der Waals surface area contributed by atoms with Gasteiger partial charge in [0.15, 0.2) is 32.7 Å². The highest BCUT2D eigenvalue weighted by molar-refractivity contribution is 6.74. The van der Waals surface area contributed by atoms with Crippen LogP contribution in [-0.2, 0) is 28.2 Å². The first-order valence-electron chi connectivity index (χ1n) is 8.75. The first-order valence-corrected chi connectivity index (χ1v) is 11.7. The van der Waals surface area contributed by atoms with E-state index in [9.17, 15) is 4.79 Å². The van der Waals surface area contributed by atoms with Crippen LogP contribution in [0, 0.1) is 0 Å². The van der Waals surface area contributed by atoms with Gasteiger partial charge in [0.25, 0.3) is 0 Å². The molecule has 4 atom stereocenters. The van der Waals surface area contributed by atoms with Crippen molar-refractivity contribution in [3.63, 3.8) is 0 Å². The van der Waals surface area contributed by atoms with Crippen LogP contribution in [0.3, 0.4) is 0 Å². The van der Waals surface area contributed by atoms with Crippen molar-refractivity contribution in [3.8, 4) is 0 Å². The van der Waals surface area contributed by atoms with Crippen molar-refractivity contribution in [2.45, 2.75) is 76.3 Å². The van der Waals surface area contributed by atoms with Crippen molar-refractivity contribution in [2.24, 2.45) is 4.99 Å². The van der Waals surface area contributed by atoms with Gasteiger partial charge in [-0.25, -0.2) is 9.79 Å². The van der Waals surface area contributed by atoms with Gasteiger partial charge in [-0.2, -0.15) is 0 Å². The molecule has 0 aromatic rings. The summed E-state index contributed by atoms with van der Waals surface area (Å²) in [6, 6.07) is -0.763. The molecule has 2 aliphatic rings. The number of ether oxygens (including phenoxy) is 4. The Morgan fingerprint density at radius 1 is 1.40 bits per heavy atom. The van der Waals surface area contributed by atoms with Gasteiger partial charge in [0.1, 0.15) is 6.10 Å². The summed E-state index contributed by atoms with van der Waals surface area (Å²) in [5.74, 6) is -0.408. The summed E-state index contributed by atoms with van der Waals surface area (Å²) in [5.41, 5.74) is -0.935. The number of carbonyl (C=O) groups excluding carboxylic acids is 1. The summed E-state index contributed by atoms with van der Waals surface area (Å²) < 4.78 is 28.6. The minimum Gasteiger partial charge on any atom is -0.471 e. The van der Waals surface area contributed by atoms with E-state index in [0.717, 1.165) is 0 Å². The Balaban J connectivity index is 2.19. The van der Waals surface area contributed by atoms with Crippen LogP contribution in [0.25, 0.3) is 0 Å². The van der Waals surface area contributed by atoms with E-state index in [-0.39, 0.29) is 5.04 Å². The smallest absolute Gasteiger partial charge is 0.335 e. The first-order chi connectivity index (χ1) is 11.6. The van der Waals surface area contributed by atoms with E-state index >= 15 is 0 Å². The predicted molar refractivity (Wildman–Crippen MR) is 96.2 cm³/mol. The molecule has 0 aromatic heterocycles. The Labute approximate surface area is 151 Å². The maximum atomic E-state index is 12.4. The monoisotopic (exact) mass is 373 g/mol. The topological polar surface area (TPSA) is 75.6 Å². The number of rotatable bonds is 6. The number of methoxy groups -OCH3 is 1. The molecule has 1 saturated heterocycles. The van der Waals surface area contributed by atoms with Gasteiger partial charge in [0.2, 0.25) is 0 Å². The molecule has 144 valence electrons. The lowest BCUT2D eigenvalue weighted by Crippen LogP contribution is -2.54. The third kappa shape index (κ3) is 3.91. The Morgan fingerprint density at radius 3 is 2.64 bits per heavy atom. The highest BCUT2D eigenvalue weighted by Crippen LogP contribution is 2.43. The van der Waals surface area contributed by atoms with Crippen LogP contribution in [0.5, 0.6) is 0 Å². The van der Waals surface area contributed by atoms with Gasteiger partial charge in [-0.3, -0.25) is 0 Å². The van der Waals surface area contributed by atoms with Crippen LogP contribution in [0.15, 0.2) is 4.99 Å². The average molecular weight is 374 g/mol. The molecule has 1 unspecified atom stereocenters. The third-order valence-corrected chi connectivity index (χ3v) is 9.97. The fourth-order valence-electron chi connectivity index (χ4n) is 2.83. The molecule has 7 nitrogen and oxygen atoms in total. The Morgan fingerprint density at radius 2 is 2.08 bits per heavy atom. The number of nitrogens with zero attached hydrogens (tertiary/aromatic N) is 1. The molecule has 0 saturated carbocycles. The summed E-state index contributed by atoms with van der Waals surface area (Å²) >= 11 is 0. The van der Waals surface area contributed by atoms with Crippen LogP contribution < -0.4 is 0 Å². The van der Waals surface area contributed by atoms with Gasteiger partial charge in [-0.05, 0) is 25.1 Å². The van der Waals surface area contributed by atoms with Crippen molar-refractivity contribution in [1.29, 1.82) is 0 Å². The number of esters is 1. The minimum absolute atomic E-state index is 0.0764. The summed E-state index contributed by atoms with van der Waals surface area (Å²) in [5, 5.41) is 0.0764. The molecule has 2 heterocycles. The van der Waals surface area contributed by atoms with Gasteiger partial charge in [-0.15, -0.1) is 0 Å². The van der Waals surface area contributed by atoms with Gasteiger partial charge >= 0.3 is 5.97 Å². The van der Waals surface area contributed by atoms with Gasteiger partial charge < -0.3 is 23.4 Å². The lowest BCUT2D eigenvalue weighted by atomic mass is 9.87. The highest BCUT2D eigenvalue weighted by atomic mass is 28.4. The average Bonchev–Trinajstić information content (AvgIpc) is 3.09. The van der Waals surface area contributed by atoms with Gasteiger partial charge in [0, 0.05) is 13.5 Å². The Kier molecular flexibility index (Phi) is 5.98. The standard InChI is InChI=1S/C17H31NO6Si/c1-8-21-15(19)14-17(22-11-18-14)9-13(20-5)24-12(17)10-23-25(6,7)16(2,3)4/h11-14H,8-10H2,1-7H3/t12-,13?,14-,17-/m1/s1. The lowest BCUT2D eigenvalue weighted by molar-refractivity contribution is -0.154. The molecule has 0 aromatic carbocycles. The first kappa shape index (κ1) is 20.4. The van der Waals surface area contributed by atoms with Crippen molar-refractivity contribution < 1.29 is 28.2 Å². The van der Waals surface area contributed by atoms with E-state index in [1.165, 1.54) is 6.40 Å². The minimum atomic E-state index is -1.97. The number of hydrogen-bond donors (Lipinski definition) is 0. The van der Waals surface area contributed by atoms with Crippen molar-refractivity contribution >= 4 is 20.7 Å². The molecule has 1 fully saturated rings. The van der Waals surface area contributed by atoms with Gasteiger partial charge in [-0.1, -0.05) is 20.8 Å². The van der Waals surface area contributed by atoms with E-state index in [4.69, 9.17) is 23.4 Å². The fraction of sp³-hybridized carbons (Fsp3) is 0.882. The zero-order chi connectivity index (χ0) is 18.9. The summed E-state index contributed by atoms with van der Waals surface area (Å²) in [7, 11) is -0.396. The number of carbonyl (C=O) groups is 1. The Bertz CT molecular complexity index is 518. The molecular weight excluding hydrogens is 342 g/mol. The lowest BCUT2D eigenvalue weighted by Gasteiger charge is -2.39. The van der Waals surface area contributed by atoms with Crippen LogP contribution in [-0.4, -0.2) is 65.0 Å². The number of hydrogen-bond acceptors (Lipinski definition) is 7. The molecule has 0 bridgehead atoms. The second-order valence-corrected chi connectivity index (χ2v) is 12.9. The molecule has 0 amide bonds. The van der Waals surface area contributed by atoms with E-state index in [0.29, 0.717) is 19.6 Å². The van der Waals surface area contributed by atoms with Crippen molar-refractivity contribution in [1.82, 2.24) is 0 Å². The van der Waals surface area contributed by atoms with E-state index in [1.54, 1.807) is 14.0 Å². The molecule has 2 aliphatic heterocycles. The highest BCUT2D eigenvalue weighted by Gasteiger charge is 2.61. The van der Waals surface area contributed by atoms with Gasteiger partial charge in [0.05, 0.1) is 13.2 Å². The summed E-state index contributed by atoms with van der Waals surface area (Å²) in [4.78, 5) is 16.6. The molecule has 0 aliphatic carbocycles. The quantitative estimate of drug-likeness (QED) is 0.526. The maximum absolute atomic E-state index is 12.4. The Hall–Kier alpha value is -0.963. The predicted octanol–water partition coefficient (Wildman–Crippen LogP) is 2.50. The fourth-order valence-corrected chi connectivity index (χ4v) is 3.83. The van der Waals surface area contributed by atoms with E-state index < -0.39 is 38.3 Å². The molecule has 2 rings (SSSR count). The van der Waals surface area contributed by atoms with Crippen molar-refractivity contribution in [3.05, 3.63) is 0 Å². The molecule has 0 N–H and O–H groups in total. The van der Waals surface area contributed by atoms with Crippen LogP contribution in [0.4, 0.5) is 0 Å². The normalized spacial score (nSPS) is 32.2. The zero-order valence-corrected chi connectivity index (χ0v) is 17.3. The zero-order valence-electron chi connectivity index (χ0n) is 16.3. The summed E-state index contributed by atoms with van der Waals surface area (Å²) in [6.45, 7) is 13.3. The van der Waals surface area contributed by atoms with Crippen LogP contribution in [0.1, 0.15) is 34.1 Å². The molecule has 1 spiro atoms. The van der Waals surface area contributed by atoms with E-state index in [2.05, 4.69) is 38.9 Å². The summed E-state index contributed by atoms with van der Waals surface area (Å²) in [6.07, 6.45) is 0.802. The van der Waals surface area contributed by atoms with Crippen LogP contribution >= 0.6 is 0 Å². The third-order valence-electron chi connectivity index (χ3n) is 5.47. The second kappa shape index (κ2) is 7.34. The molecule has 0 radical (unpaired) electrons. The largest absolute Gasteiger partial charge is 0.471 e. The SMILES string of the molecule is CCOC(=O)[C@H]1N=CO[C@@]12CC(OC)O[C@@H]2CO[Si](C)(C)C(C)(C)C. The number of aliphatic imine (C=N–C) groups is 1. The van der Waals surface area contributed by atoms with Crippen molar-refractivity contribution in [2.75, 3.05) is 20.3 Å². The second-order valence-electron chi connectivity index (χ2n) is 8.05. The van der Waals surface area contributed by atoms with E-state index in [1.807, 2.05) is 0 Å². The maximum Gasteiger partial charge on any atom is 0.335 e. The molecular formula is C17H31NO6Si. The molecule has 25 heavy (non-hydrogen) atoms.